The number of nitrogens with one attached hydrogen (secondary N) is 1. The van der Waals surface area contributed by atoms with Crippen LogP contribution in [0.1, 0.15) is 5.82 Å². The maximum atomic E-state index is 4.96. The summed E-state index contributed by atoms with van der Waals surface area (Å²) >= 11 is 0. The van der Waals surface area contributed by atoms with Crippen LogP contribution < -0.4 is 5.32 Å². The van der Waals surface area contributed by atoms with Gasteiger partial charge in [0.05, 0.1) is 0 Å². The molecule has 142 valence electrons. The van der Waals surface area contributed by atoms with Gasteiger partial charge in [-0.3, -0.25) is 0 Å². The van der Waals surface area contributed by atoms with Crippen molar-refractivity contribution in [2.24, 2.45) is 0 Å². The van der Waals surface area contributed by atoms with Crippen molar-refractivity contribution in [2.75, 3.05) is 26.0 Å². The van der Waals surface area contributed by atoms with E-state index in [1.165, 1.54) is 0 Å². The zero-order chi connectivity index (χ0) is 19.5. The Morgan fingerprint density at radius 2 is 1.57 bits per heavy atom. The molecule has 2 aromatic carbocycles. The summed E-state index contributed by atoms with van der Waals surface area (Å²) in [7, 11) is 4.15. The van der Waals surface area contributed by atoms with Crippen LogP contribution in [0.3, 0.4) is 0 Å². The molecule has 0 aliphatic carbocycles. The van der Waals surface area contributed by atoms with E-state index < -0.39 is 0 Å². The van der Waals surface area contributed by atoms with Gasteiger partial charge in [0.2, 0.25) is 0 Å². The lowest BCUT2D eigenvalue weighted by atomic mass is 10.2. The number of anilines is 2. The summed E-state index contributed by atoms with van der Waals surface area (Å²) in [6.45, 7) is 3.62. The molecule has 0 saturated carbocycles. The first-order chi connectivity index (χ1) is 13.6. The SMILES string of the molecule is Cc1nc(Nc2ccccc2)c2nc(-c3ccccc3)n(CCN(C)C)c2n1. The molecule has 0 saturated heterocycles. The number of rotatable bonds is 6. The number of imidazole rings is 1. The van der Waals surface area contributed by atoms with E-state index in [0.717, 1.165) is 53.0 Å². The molecule has 0 spiro atoms. The minimum atomic E-state index is 0.719. The lowest BCUT2D eigenvalue weighted by molar-refractivity contribution is 0.387. The fourth-order valence-electron chi connectivity index (χ4n) is 3.17. The number of likely N-dealkylation sites (N-methyl/N-ethyl adjacent to an activating group) is 1. The van der Waals surface area contributed by atoms with Gasteiger partial charge in [-0.05, 0) is 33.2 Å². The molecular weight excluding hydrogens is 348 g/mol. The highest BCUT2D eigenvalue weighted by Crippen LogP contribution is 2.29. The van der Waals surface area contributed by atoms with Gasteiger partial charge in [-0.1, -0.05) is 48.5 Å². The van der Waals surface area contributed by atoms with E-state index in [0.29, 0.717) is 0 Å². The highest BCUT2D eigenvalue weighted by atomic mass is 15.2. The Morgan fingerprint density at radius 3 is 2.25 bits per heavy atom. The first-order valence-electron chi connectivity index (χ1n) is 9.39. The molecule has 0 bridgehead atoms. The fraction of sp³-hybridized carbons (Fsp3) is 0.227. The van der Waals surface area contributed by atoms with Crippen LogP contribution in [0.25, 0.3) is 22.6 Å². The van der Waals surface area contributed by atoms with Gasteiger partial charge in [0.15, 0.2) is 17.0 Å². The molecule has 1 N–H and O–H groups in total. The minimum absolute atomic E-state index is 0.719. The van der Waals surface area contributed by atoms with Crippen LogP contribution in [0.15, 0.2) is 60.7 Å². The van der Waals surface area contributed by atoms with Crippen LogP contribution in [0.5, 0.6) is 0 Å². The molecule has 0 radical (unpaired) electrons. The maximum absolute atomic E-state index is 4.96. The van der Waals surface area contributed by atoms with Gasteiger partial charge in [-0.25, -0.2) is 15.0 Å². The number of aromatic nitrogens is 4. The van der Waals surface area contributed by atoms with Crippen molar-refractivity contribution in [2.45, 2.75) is 13.5 Å². The molecule has 0 aliphatic rings. The van der Waals surface area contributed by atoms with Crippen molar-refractivity contribution < 1.29 is 0 Å². The van der Waals surface area contributed by atoms with Crippen LogP contribution >= 0.6 is 0 Å². The van der Waals surface area contributed by atoms with E-state index in [4.69, 9.17) is 9.97 Å². The summed E-state index contributed by atoms with van der Waals surface area (Å²) in [6, 6.07) is 20.3. The topological polar surface area (TPSA) is 58.9 Å². The molecule has 28 heavy (non-hydrogen) atoms. The van der Waals surface area contributed by atoms with E-state index in [1.807, 2.05) is 55.5 Å². The van der Waals surface area contributed by atoms with Crippen molar-refractivity contribution in [3.05, 3.63) is 66.5 Å². The molecular formula is C22H24N6. The number of para-hydroxylation sites is 1. The van der Waals surface area contributed by atoms with E-state index >= 15 is 0 Å². The van der Waals surface area contributed by atoms with E-state index in [2.05, 4.69) is 46.0 Å². The maximum Gasteiger partial charge on any atom is 0.166 e. The second kappa shape index (κ2) is 7.78. The van der Waals surface area contributed by atoms with E-state index in [1.54, 1.807) is 0 Å². The average molecular weight is 372 g/mol. The summed E-state index contributed by atoms with van der Waals surface area (Å²) in [6.07, 6.45) is 0. The standard InChI is InChI=1S/C22H24N6/c1-16-23-20(25-18-12-8-5-9-13-18)19-22(24-16)28(15-14-27(2)3)21(26-19)17-10-6-4-7-11-17/h4-13H,14-15H2,1-3H3,(H,23,24,25). The number of benzene rings is 2. The van der Waals surface area contributed by atoms with Crippen LogP contribution in [-0.4, -0.2) is 45.1 Å². The van der Waals surface area contributed by atoms with Gasteiger partial charge in [-0.2, -0.15) is 0 Å². The summed E-state index contributed by atoms with van der Waals surface area (Å²) < 4.78 is 2.19. The zero-order valence-electron chi connectivity index (χ0n) is 16.4. The Kier molecular flexibility index (Phi) is 5.04. The van der Waals surface area contributed by atoms with Crippen molar-refractivity contribution in [3.8, 4) is 11.4 Å². The molecule has 4 aromatic rings. The molecule has 0 atom stereocenters. The second-order valence-corrected chi connectivity index (χ2v) is 7.04. The summed E-state index contributed by atoms with van der Waals surface area (Å²) in [5.74, 6) is 2.36. The molecule has 4 rings (SSSR count). The van der Waals surface area contributed by atoms with Crippen molar-refractivity contribution >= 4 is 22.7 Å². The summed E-state index contributed by atoms with van der Waals surface area (Å²) in [4.78, 5) is 16.5. The second-order valence-electron chi connectivity index (χ2n) is 7.04. The molecule has 2 heterocycles. The summed E-state index contributed by atoms with van der Waals surface area (Å²) in [5, 5.41) is 3.41. The molecule has 6 nitrogen and oxygen atoms in total. The molecule has 0 fully saturated rings. The number of hydrogen-bond acceptors (Lipinski definition) is 5. The smallest absolute Gasteiger partial charge is 0.166 e. The Bertz CT molecular complexity index is 1070. The largest absolute Gasteiger partial charge is 0.338 e. The molecule has 0 unspecified atom stereocenters. The normalized spacial score (nSPS) is 11.3. The van der Waals surface area contributed by atoms with Crippen LogP contribution in [-0.2, 0) is 6.54 Å². The van der Waals surface area contributed by atoms with Crippen molar-refractivity contribution in [1.29, 1.82) is 0 Å². The fourth-order valence-corrected chi connectivity index (χ4v) is 3.17. The predicted octanol–water partition coefficient (Wildman–Crippen LogP) is 4.11. The van der Waals surface area contributed by atoms with E-state index in [-0.39, 0.29) is 0 Å². The first-order valence-corrected chi connectivity index (χ1v) is 9.39. The Balaban J connectivity index is 1.88. The molecule has 0 aliphatic heterocycles. The monoisotopic (exact) mass is 372 g/mol. The molecule has 0 amide bonds. The lowest BCUT2D eigenvalue weighted by Crippen LogP contribution is -2.19. The highest BCUT2D eigenvalue weighted by Gasteiger charge is 2.18. The van der Waals surface area contributed by atoms with Gasteiger partial charge in [-0.15, -0.1) is 0 Å². The lowest BCUT2D eigenvalue weighted by Gasteiger charge is -2.13. The third-order valence-corrected chi connectivity index (χ3v) is 4.55. The Labute approximate surface area is 164 Å². The van der Waals surface area contributed by atoms with Gasteiger partial charge in [0.25, 0.3) is 0 Å². The number of nitrogens with zero attached hydrogens (tertiary/aromatic N) is 5. The van der Waals surface area contributed by atoms with Crippen molar-refractivity contribution in [1.82, 2.24) is 24.4 Å². The zero-order valence-corrected chi connectivity index (χ0v) is 16.4. The number of hydrogen-bond donors (Lipinski definition) is 1. The Morgan fingerprint density at radius 1 is 0.893 bits per heavy atom. The van der Waals surface area contributed by atoms with E-state index in [9.17, 15) is 0 Å². The van der Waals surface area contributed by atoms with Crippen LogP contribution in [0, 0.1) is 6.92 Å². The molecule has 6 heteroatoms. The van der Waals surface area contributed by atoms with Crippen LogP contribution in [0.4, 0.5) is 11.5 Å². The minimum Gasteiger partial charge on any atom is -0.338 e. The number of fused-ring (bicyclic) bond motifs is 1. The van der Waals surface area contributed by atoms with Crippen LogP contribution in [0.2, 0.25) is 0 Å². The first kappa shape index (κ1) is 18.1. The predicted molar refractivity (Wildman–Crippen MR) is 114 cm³/mol. The van der Waals surface area contributed by atoms with Crippen molar-refractivity contribution in [3.63, 3.8) is 0 Å². The highest BCUT2D eigenvalue weighted by molar-refractivity contribution is 5.88. The quantitative estimate of drug-likeness (QED) is 0.552. The van der Waals surface area contributed by atoms with Gasteiger partial charge in [0.1, 0.15) is 11.6 Å². The van der Waals surface area contributed by atoms with Gasteiger partial charge < -0.3 is 14.8 Å². The Hall–Kier alpha value is -3.25. The third kappa shape index (κ3) is 3.73. The average Bonchev–Trinajstić information content (AvgIpc) is 3.06. The molecule has 2 aromatic heterocycles. The van der Waals surface area contributed by atoms with Gasteiger partial charge >= 0.3 is 0 Å². The number of aryl methyl sites for hydroxylation is 1. The third-order valence-electron chi connectivity index (χ3n) is 4.55. The summed E-state index contributed by atoms with van der Waals surface area (Å²) in [5.41, 5.74) is 3.69. The van der Waals surface area contributed by atoms with Gasteiger partial charge in [0, 0.05) is 24.3 Å².